The number of anilines is 1. The third-order valence-corrected chi connectivity index (χ3v) is 4.36. The van der Waals surface area contributed by atoms with Crippen LogP contribution in [0.4, 0.5) is 5.69 Å². The number of methoxy groups -OCH3 is 2. The molecule has 25 heavy (non-hydrogen) atoms. The Morgan fingerprint density at radius 3 is 2.60 bits per heavy atom. The summed E-state index contributed by atoms with van der Waals surface area (Å²) in [5, 5.41) is 3.24. The van der Waals surface area contributed by atoms with Crippen molar-refractivity contribution in [1.82, 2.24) is 15.8 Å². The van der Waals surface area contributed by atoms with Crippen molar-refractivity contribution in [3.8, 4) is 11.5 Å². The maximum Gasteiger partial charge on any atom is 0.243 e. The van der Waals surface area contributed by atoms with Crippen LogP contribution in [0.5, 0.6) is 11.5 Å². The van der Waals surface area contributed by atoms with Crippen LogP contribution < -0.4 is 25.6 Å². The number of hydrogen-bond acceptors (Lipinski definition) is 6. The minimum Gasteiger partial charge on any atom is -0.495 e. The van der Waals surface area contributed by atoms with E-state index in [0.29, 0.717) is 28.6 Å². The van der Waals surface area contributed by atoms with Crippen molar-refractivity contribution in [2.45, 2.75) is 18.5 Å². The normalized spacial score (nSPS) is 19.5. The molecule has 1 fully saturated rings. The minimum absolute atomic E-state index is 0.0418. The molecule has 0 radical (unpaired) electrons. The molecule has 7 nitrogen and oxygen atoms in total. The van der Waals surface area contributed by atoms with Gasteiger partial charge in [0.1, 0.15) is 17.5 Å². The number of ether oxygens (including phenoxy) is 2. The molecule has 3 N–H and O–H groups in total. The summed E-state index contributed by atoms with van der Waals surface area (Å²) in [5.74, 6) is 0.782. The van der Waals surface area contributed by atoms with E-state index in [2.05, 4.69) is 21.2 Å². The molecule has 2 atom stereocenters. The van der Waals surface area contributed by atoms with Crippen molar-refractivity contribution in [3.63, 3.8) is 0 Å². The highest BCUT2D eigenvalue weighted by Gasteiger charge is 2.30. The van der Waals surface area contributed by atoms with E-state index in [1.807, 2.05) is 12.1 Å². The fourth-order valence-corrected chi connectivity index (χ4v) is 2.96. The van der Waals surface area contributed by atoms with Gasteiger partial charge in [-0.1, -0.05) is 11.6 Å². The van der Waals surface area contributed by atoms with Gasteiger partial charge >= 0.3 is 0 Å². The molecule has 1 amide bonds. The van der Waals surface area contributed by atoms with Crippen LogP contribution in [0.3, 0.4) is 0 Å². The predicted octanol–water partition coefficient (Wildman–Crippen LogP) is 2.30. The highest BCUT2D eigenvalue weighted by Crippen LogP contribution is 2.36. The Kier molecular flexibility index (Phi) is 5.37. The minimum atomic E-state index is -0.385. The molecule has 1 aromatic heterocycles. The highest BCUT2D eigenvalue weighted by molar-refractivity contribution is 6.32. The monoisotopic (exact) mass is 362 g/mol. The lowest BCUT2D eigenvalue weighted by Gasteiger charge is -2.15. The summed E-state index contributed by atoms with van der Waals surface area (Å²) in [6.45, 7) is 0. The molecule has 3 rings (SSSR count). The lowest BCUT2D eigenvalue weighted by molar-refractivity contribution is -0.117. The first-order chi connectivity index (χ1) is 12.1. The summed E-state index contributed by atoms with van der Waals surface area (Å²) >= 11 is 6.14. The van der Waals surface area contributed by atoms with Crippen molar-refractivity contribution < 1.29 is 14.3 Å². The van der Waals surface area contributed by atoms with Crippen molar-refractivity contribution >= 4 is 23.2 Å². The molecule has 8 heteroatoms. The number of benzene rings is 1. The summed E-state index contributed by atoms with van der Waals surface area (Å²) < 4.78 is 10.5. The number of rotatable bonds is 5. The van der Waals surface area contributed by atoms with Gasteiger partial charge in [-0.25, -0.2) is 10.9 Å². The number of nitrogens with one attached hydrogen (secondary N) is 3. The number of aromatic nitrogens is 1. The van der Waals surface area contributed by atoms with Gasteiger partial charge in [-0.3, -0.25) is 9.78 Å². The molecule has 1 aromatic carbocycles. The molecule has 2 aromatic rings. The predicted molar refractivity (Wildman–Crippen MR) is 94.8 cm³/mol. The van der Waals surface area contributed by atoms with Gasteiger partial charge < -0.3 is 14.8 Å². The van der Waals surface area contributed by atoms with Gasteiger partial charge in [-0.05, 0) is 30.2 Å². The Hall–Kier alpha value is -2.35. The van der Waals surface area contributed by atoms with E-state index in [4.69, 9.17) is 21.1 Å². The topological polar surface area (TPSA) is 84.5 Å². The molecule has 1 aliphatic rings. The quantitative estimate of drug-likeness (QED) is 0.757. The van der Waals surface area contributed by atoms with Gasteiger partial charge in [0.05, 0.1) is 24.9 Å². The van der Waals surface area contributed by atoms with Crippen LogP contribution in [-0.2, 0) is 4.79 Å². The Morgan fingerprint density at radius 1 is 1.20 bits per heavy atom. The summed E-state index contributed by atoms with van der Waals surface area (Å²) in [6, 6.07) is 6.75. The van der Waals surface area contributed by atoms with Crippen LogP contribution in [0.2, 0.25) is 5.02 Å². The second-order valence-electron chi connectivity index (χ2n) is 5.59. The first kappa shape index (κ1) is 17.5. The Labute approximate surface area is 150 Å². The maximum atomic E-state index is 12.6. The van der Waals surface area contributed by atoms with E-state index >= 15 is 0 Å². The average molecular weight is 363 g/mol. The number of carbonyl (C=O) groups is 1. The largest absolute Gasteiger partial charge is 0.495 e. The molecule has 0 spiro atoms. The van der Waals surface area contributed by atoms with Crippen LogP contribution in [0.15, 0.2) is 36.7 Å². The highest BCUT2D eigenvalue weighted by atomic mass is 35.5. The smallest absolute Gasteiger partial charge is 0.243 e. The lowest BCUT2D eigenvalue weighted by atomic mass is 10.0. The standard InChI is InChI=1S/C17H19ClN4O3/c1-24-15-9-16(25-2)13(7-11(15)18)20-17(23)14-8-12(21-22-14)10-3-5-19-6-4-10/h3-7,9,12,14,21-22H,8H2,1-2H3,(H,20,23). The van der Waals surface area contributed by atoms with Gasteiger partial charge in [-0.2, -0.15) is 0 Å². The Bertz CT molecular complexity index is 757. The van der Waals surface area contributed by atoms with Gasteiger partial charge in [0, 0.05) is 24.5 Å². The zero-order chi connectivity index (χ0) is 17.8. The van der Waals surface area contributed by atoms with E-state index < -0.39 is 0 Å². The van der Waals surface area contributed by atoms with Gasteiger partial charge in [0.15, 0.2) is 0 Å². The number of nitrogens with zero attached hydrogens (tertiary/aromatic N) is 1. The van der Waals surface area contributed by atoms with Crippen LogP contribution >= 0.6 is 11.6 Å². The fraction of sp³-hybridized carbons (Fsp3) is 0.294. The van der Waals surface area contributed by atoms with Crippen molar-refractivity contribution in [1.29, 1.82) is 0 Å². The molecule has 0 aliphatic carbocycles. The molecule has 1 aliphatic heterocycles. The number of hydrazine groups is 1. The first-order valence-corrected chi connectivity index (χ1v) is 8.13. The molecule has 2 unspecified atom stereocenters. The third kappa shape index (κ3) is 3.84. The van der Waals surface area contributed by atoms with E-state index in [1.165, 1.54) is 14.2 Å². The first-order valence-electron chi connectivity index (χ1n) is 7.75. The molecule has 132 valence electrons. The van der Waals surface area contributed by atoms with Gasteiger partial charge in [0.2, 0.25) is 5.91 Å². The number of carbonyl (C=O) groups excluding carboxylic acids is 1. The zero-order valence-corrected chi connectivity index (χ0v) is 14.6. The zero-order valence-electron chi connectivity index (χ0n) is 13.9. The maximum absolute atomic E-state index is 12.6. The molecule has 0 saturated carbocycles. The van der Waals surface area contributed by atoms with E-state index in [1.54, 1.807) is 24.5 Å². The van der Waals surface area contributed by atoms with Crippen molar-refractivity contribution in [2.75, 3.05) is 19.5 Å². The lowest BCUT2D eigenvalue weighted by Crippen LogP contribution is -2.39. The van der Waals surface area contributed by atoms with Gasteiger partial charge in [0.25, 0.3) is 0 Å². The van der Waals surface area contributed by atoms with E-state index in [0.717, 1.165) is 5.56 Å². The molecule has 0 bridgehead atoms. The number of halogens is 1. The summed E-state index contributed by atoms with van der Waals surface area (Å²) in [6.07, 6.45) is 4.07. The van der Waals surface area contributed by atoms with Crippen molar-refractivity contribution in [2.24, 2.45) is 0 Å². The summed E-state index contributed by atoms with van der Waals surface area (Å²) in [4.78, 5) is 16.6. The van der Waals surface area contributed by atoms with Gasteiger partial charge in [-0.15, -0.1) is 0 Å². The Morgan fingerprint density at radius 2 is 1.92 bits per heavy atom. The van der Waals surface area contributed by atoms with E-state index in [9.17, 15) is 4.79 Å². The fourth-order valence-electron chi connectivity index (χ4n) is 2.72. The molecular formula is C17H19ClN4O3. The number of amides is 1. The average Bonchev–Trinajstić information content (AvgIpc) is 3.13. The molecule has 2 heterocycles. The third-order valence-electron chi connectivity index (χ3n) is 4.06. The van der Waals surface area contributed by atoms with E-state index in [-0.39, 0.29) is 18.0 Å². The van der Waals surface area contributed by atoms with Crippen molar-refractivity contribution in [3.05, 3.63) is 47.2 Å². The van der Waals surface area contributed by atoms with Crippen LogP contribution in [0.1, 0.15) is 18.0 Å². The number of hydrogen-bond donors (Lipinski definition) is 3. The van der Waals surface area contributed by atoms with Crippen LogP contribution in [-0.4, -0.2) is 31.2 Å². The SMILES string of the molecule is COc1cc(OC)c(NC(=O)C2CC(c3ccncc3)NN2)cc1Cl. The molecular weight excluding hydrogens is 344 g/mol. The summed E-state index contributed by atoms with van der Waals surface area (Å²) in [5.41, 5.74) is 7.72. The second-order valence-corrected chi connectivity index (χ2v) is 5.99. The summed E-state index contributed by atoms with van der Waals surface area (Å²) in [7, 11) is 3.04. The van der Waals surface area contributed by atoms with Crippen LogP contribution in [0, 0.1) is 0 Å². The van der Waals surface area contributed by atoms with Crippen LogP contribution in [0.25, 0.3) is 0 Å². The molecule has 1 saturated heterocycles. The second kappa shape index (κ2) is 7.69. The Balaban J connectivity index is 1.70. The number of pyridine rings is 1.